The van der Waals surface area contributed by atoms with Crippen molar-refractivity contribution in [1.29, 1.82) is 5.26 Å². The van der Waals surface area contributed by atoms with Crippen LogP contribution in [0.25, 0.3) is 16.8 Å². The summed E-state index contributed by atoms with van der Waals surface area (Å²) in [5.41, 5.74) is 5.03. The predicted molar refractivity (Wildman–Crippen MR) is 174 cm³/mol. The molecule has 0 aliphatic carbocycles. The number of nitrogens with one attached hydrogen (secondary N) is 1. The number of amides is 1. The maximum atomic E-state index is 12.7. The van der Waals surface area contributed by atoms with E-state index in [2.05, 4.69) is 56.8 Å². The second kappa shape index (κ2) is 13.3. The second-order valence-corrected chi connectivity index (χ2v) is 11.8. The molecule has 6 heterocycles. The third-order valence-electron chi connectivity index (χ3n) is 8.57. The lowest BCUT2D eigenvalue weighted by Gasteiger charge is -2.50. The van der Waals surface area contributed by atoms with Gasteiger partial charge in [-0.15, -0.1) is 5.10 Å². The number of hydrogen-bond acceptors (Lipinski definition) is 10. The van der Waals surface area contributed by atoms with Gasteiger partial charge in [-0.05, 0) is 31.7 Å². The van der Waals surface area contributed by atoms with Crippen molar-refractivity contribution in [2.75, 3.05) is 56.5 Å². The summed E-state index contributed by atoms with van der Waals surface area (Å²) in [5.74, 6) is 0.494. The minimum absolute atomic E-state index is 0.0619. The molecule has 1 amide bonds. The molecule has 1 aromatic carbocycles. The molecule has 7 rings (SSSR count). The van der Waals surface area contributed by atoms with Gasteiger partial charge < -0.3 is 25.1 Å². The van der Waals surface area contributed by atoms with Gasteiger partial charge in [-0.3, -0.25) is 19.0 Å². The van der Waals surface area contributed by atoms with E-state index in [0.717, 1.165) is 48.7 Å². The summed E-state index contributed by atoms with van der Waals surface area (Å²) in [4.78, 5) is 32.2. The van der Waals surface area contributed by atoms with E-state index in [-0.39, 0.29) is 18.9 Å². The Morgan fingerprint density at radius 3 is 2.55 bits per heavy atom. The first-order chi connectivity index (χ1) is 22.8. The van der Waals surface area contributed by atoms with E-state index in [9.17, 15) is 10.1 Å². The molecular formula is C32H36N12O3. The molecule has 0 bridgehead atoms. The van der Waals surface area contributed by atoms with Gasteiger partial charge in [0.15, 0.2) is 5.65 Å². The number of benzene rings is 1. The first-order valence-electron chi connectivity index (χ1n) is 15.3. The number of carbonyl (C=O) groups excluding carboxylic acids is 1. The number of nitriles is 1. The Labute approximate surface area is 271 Å². The average molecular weight is 637 g/mol. The van der Waals surface area contributed by atoms with Crippen LogP contribution in [-0.4, -0.2) is 108 Å². The van der Waals surface area contributed by atoms with Gasteiger partial charge in [0, 0.05) is 63.4 Å². The number of fused-ring (bicyclic) bond motifs is 1. The molecule has 0 saturated carbocycles. The Hall–Kier alpha value is -5.75. The summed E-state index contributed by atoms with van der Waals surface area (Å²) in [6.07, 6.45) is 7.74. The molecule has 15 nitrogen and oxygen atoms in total. The molecule has 2 aliphatic heterocycles. The van der Waals surface area contributed by atoms with Crippen molar-refractivity contribution in [2.45, 2.75) is 25.4 Å². The Bertz CT molecular complexity index is 1890. The fourth-order valence-corrected chi connectivity index (χ4v) is 6.05. The van der Waals surface area contributed by atoms with Gasteiger partial charge >= 0.3 is 0 Å². The number of likely N-dealkylation sites (N-methyl/N-ethyl adjacent to an activating group) is 1. The largest absolute Gasteiger partial charge is 0.483 e. The highest BCUT2D eigenvalue weighted by atomic mass is 16.3. The Morgan fingerprint density at radius 1 is 1.09 bits per heavy atom. The van der Waals surface area contributed by atoms with Crippen LogP contribution < -0.4 is 10.2 Å². The topological polar surface area (TPSA) is 166 Å². The van der Waals surface area contributed by atoms with E-state index in [0.29, 0.717) is 36.8 Å². The lowest BCUT2D eigenvalue weighted by atomic mass is 9.86. The predicted octanol–water partition coefficient (Wildman–Crippen LogP) is 2.45. The lowest BCUT2D eigenvalue weighted by molar-refractivity contribution is -0.133. The summed E-state index contributed by atoms with van der Waals surface area (Å²) >= 11 is 0. The van der Waals surface area contributed by atoms with E-state index in [1.165, 1.54) is 0 Å². The molecular weight excluding hydrogens is 600 g/mol. The fourth-order valence-electron chi connectivity index (χ4n) is 6.05. The molecule has 15 heteroatoms. The summed E-state index contributed by atoms with van der Waals surface area (Å²) in [6.45, 7) is 6.44. The summed E-state index contributed by atoms with van der Waals surface area (Å²) in [6, 6.07) is 16.6. The SMILES string of the molecule is Cc1nn(C2(CC#N)CN(c3cccn4nc(Nc5cnn(CC(=O)N6CCN(C)CC6)c5)nc34)C2)cc1-c1ccccc1.O=CO. The zero-order valence-electron chi connectivity index (χ0n) is 26.3. The highest BCUT2D eigenvalue weighted by Crippen LogP contribution is 2.38. The number of pyridine rings is 1. The van der Waals surface area contributed by atoms with Gasteiger partial charge in [-0.2, -0.15) is 20.4 Å². The van der Waals surface area contributed by atoms with Crippen molar-refractivity contribution < 1.29 is 14.7 Å². The van der Waals surface area contributed by atoms with Gasteiger partial charge in [0.1, 0.15) is 12.1 Å². The van der Waals surface area contributed by atoms with Crippen LogP contribution in [0.15, 0.2) is 67.3 Å². The molecule has 4 aromatic heterocycles. The molecule has 2 fully saturated rings. The van der Waals surface area contributed by atoms with Crippen molar-refractivity contribution in [3.05, 3.63) is 72.9 Å². The van der Waals surface area contributed by atoms with Crippen LogP contribution in [0.3, 0.4) is 0 Å². The minimum Gasteiger partial charge on any atom is -0.483 e. The van der Waals surface area contributed by atoms with Gasteiger partial charge in [-0.1, -0.05) is 30.3 Å². The van der Waals surface area contributed by atoms with E-state index in [4.69, 9.17) is 20.0 Å². The molecule has 0 unspecified atom stereocenters. The third kappa shape index (κ3) is 6.49. The van der Waals surface area contributed by atoms with Gasteiger partial charge in [0.2, 0.25) is 11.9 Å². The highest BCUT2D eigenvalue weighted by Gasteiger charge is 2.46. The Balaban J connectivity index is 0.00000124. The lowest BCUT2D eigenvalue weighted by Crippen LogP contribution is -2.63. The minimum atomic E-state index is -0.434. The summed E-state index contributed by atoms with van der Waals surface area (Å²) in [5, 5.41) is 33.7. The molecule has 0 atom stereocenters. The monoisotopic (exact) mass is 636 g/mol. The van der Waals surface area contributed by atoms with Crippen LogP contribution in [0.2, 0.25) is 0 Å². The van der Waals surface area contributed by atoms with Crippen molar-refractivity contribution >= 4 is 35.3 Å². The van der Waals surface area contributed by atoms with Crippen LogP contribution in [0.4, 0.5) is 17.3 Å². The van der Waals surface area contributed by atoms with Crippen molar-refractivity contribution in [2.24, 2.45) is 0 Å². The van der Waals surface area contributed by atoms with Crippen LogP contribution in [-0.2, 0) is 21.7 Å². The Morgan fingerprint density at radius 2 is 1.83 bits per heavy atom. The third-order valence-corrected chi connectivity index (χ3v) is 8.57. The van der Waals surface area contributed by atoms with Crippen LogP contribution >= 0.6 is 0 Å². The zero-order valence-corrected chi connectivity index (χ0v) is 26.3. The maximum Gasteiger partial charge on any atom is 0.290 e. The number of nitrogens with zero attached hydrogens (tertiary/aromatic N) is 11. The van der Waals surface area contributed by atoms with E-state index < -0.39 is 5.54 Å². The number of aryl methyl sites for hydroxylation is 1. The first-order valence-corrected chi connectivity index (χ1v) is 15.3. The summed E-state index contributed by atoms with van der Waals surface area (Å²) < 4.78 is 5.36. The Kier molecular flexibility index (Phi) is 8.85. The van der Waals surface area contributed by atoms with Gasteiger partial charge in [-0.25, -0.2) is 4.52 Å². The maximum absolute atomic E-state index is 12.7. The van der Waals surface area contributed by atoms with Crippen LogP contribution in [0.5, 0.6) is 0 Å². The first kappa shape index (κ1) is 31.2. The molecule has 242 valence electrons. The molecule has 47 heavy (non-hydrogen) atoms. The standard InChI is InChI=1S/C31H34N12O.CH2O2/c1-23-26(24-7-4-3-5-8-24)19-43(36-23)31(10-11-32)21-40(22-31)27-9-6-12-42-29(27)35-30(37-42)34-25-17-33-41(18-25)20-28(44)39-15-13-38(2)14-16-39;2-1-3/h3-9,12,17-19H,10,13-16,20-22H2,1-2H3,(H,34,37);1H,(H,2,3). The molecule has 0 spiro atoms. The van der Waals surface area contributed by atoms with E-state index in [1.54, 1.807) is 21.6 Å². The van der Waals surface area contributed by atoms with Crippen molar-refractivity contribution in [3.63, 3.8) is 0 Å². The van der Waals surface area contributed by atoms with Crippen LogP contribution in [0.1, 0.15) is 12.1 Å². The number of rotatable bonds is 8. The molecule has 5 aromatic rings. The van der Waals surface area contributed by atoms with Crippen LogP contribution in [0, 0.1) is 18.3 Å². The van der Waals surface area contributed by atoms with Gasteiger partial charge in [0.25, 0.3) is 6.47 Å². The van der Waals surface area contributed by atoms with Crippen molar-refractivity contribution in [1.82, 2.24) is 44.0 Å². The number of carboxylic acid groups (broad SMARTS) is 1. The fraction of sp³-hybridized carbons (Fsp3) is 0.344. The number of hydrogen-bond donors (Lipinski definition) is 2. The molecule has 0 radical (unpaired) electrons. The number of aromatic nitrogens is 7. The second-order valence-electron chi connectivity index (χ2n) is 11.8. The summed E-state index contributed by atoms with van der Waals surface area (Å²) in [7, 11) is 2.07. The average Bonchev–Trinajstić information content (AvgIpc) is 3.78. The molecule has 2 saturated heterocycles. The molecule has 2 N–H and O–H groups in total. The molecule has 2 aliphatic rings. The van der Waals surface area contributed by atoms with Crippen molar-refractivity contribution in [3.8, 4) is 17.2 Å². The number of anilines is 3. The smallest absolute Gasteiger partial charge is 0.290 e. The number of carbonyl (C=O) groups is 2. The van der Waals surface area contributed by atoms with Gasteiger partial charge in [0.05, 0.1) is 35.8 Å². The zero-order chi connectivity index (χ0) is 33.0. The van der Waals surface area contributed by atoms with E-state index >= 15 is 0 Å². The van der Waals surface area contributed by atoms with E-state index in [1.807, 2.05) is 53.0 Å². The highest BCUT2D eigenvalue weighted by molar-refractivity contribution is 5.76. The number of piperazine rings is 1. The quantitative estimate of drug-likeness (QED) is 0.240. The normalized spacial score (nSPS) is 15.8.